The van der Waals surface area contributed by atoms with Crippen molar-refractivity contribution in [3.8, 4) is 0 Å². The van der Waals surface area contributed by atoms with Gasteiger partial charge in [-0.15, -0.1) is 0 Å². The molecule has 0 amide bonds. The molecule has 2 N–H and O–H groups in total. The van der Waals surface area contributed by atoms with Crippen molar-refractivity contribution in [2.75, 3.05) is 39.8 Å². The third kappa shape index (κ3) is 3.56. The van der Waals surface area contributed by atoms with Crippen molar-refractivity contribution >= 4 is 0 Å². The summed E-state index contributed by atoms with van der Waals surface area (Å²) in [7, 11) is 2.18. The van der Waals surface area contributed by atoms with Crippen LogP contribution >= 0.6 is 0 Å². The summed E-state index contributed by atoms with van der Waals surface area (Å²) in [5.74, 6) is 0. The maximum atomic E-state index is 6.16. The van der Waals surface area contributed by atoms with Crippen LogP contribution in [0, 0.1) is 5.41 Å². The van der Waals surface area contributed by atoms with Crippen molar-refractivity contribution in [3.63, 3.8) is 0 Å². The van der Waals surface area contributed by atoms with Gasteiger partial charge in [-0.1, -0.05) is 20.8 Å². The number of nitrogens with two attached hydrogens (primary N) is 1. The second-order valence-corrected chi connectivity index (χ2v) is 5.58. The van der Waals surface area contributed by atoms with Gasteiger partial charge >= 0.3 is 0 Å². The molecule has 3 nitrogen and oxygen atoms in total. The minimum Gasteiger partial charge on any atom is -0.326 e. The van der Waals surface area contributed by atoms with Gasteiger partial charge in [-0.25, -0.2) is 0 Å². The fraction of sp³-hybridized carbons (Fsp3) is 1.00. The second-order valence-electron chi connectivity index (χ2n) is 5.58. The Morgan fingerprint density at radius 3 is 2.07 bits per heavy atom. The quantitative estimate of drug-likeness (QED) is 0.707. The lowest BCUT2D eigenvalue weighted by Gasteiger charge is -2.37. The number of nitrogens with zero attached hydrogens (tertiary/aromatic N) is 2. The van der Waals surface area contributed by atoms with E-state index in [4.69, 9.17) is 5.73 Å². The molecule has 1 aliphatic rings. The van der Waals surface area contributed by atoms with Crippen LogP contribution < -0.4 is 5.73 Å². The maximum absolute atomic E-state index is 6.16. The summed E-state index contributed by atoms with van der Waals surface area (Å²) in [5, 5.41) is 0. The van der Waals surface area contributed by atoms with Crippen molar-refractivity contribution in [1.29, 1.82) is 0 Å². The van der Waals surface area contributed by atoms with Crippen LogP contribution in [0.3, 0.4) is 0 Å². The number of likely N-dealkylation sites (N-methyl/N-ethyl adjacent to an activating group) is 1. The van der Waals surface area contributed by atoms with Crippen molar-refractivity contribution < 1.29 is 0 Å². The fourth-order valence-corrected chi connectivity index (χ4v) is 1.58. The van der Waals surface area contributed by atoms with Gasteiger partial charge in [0.05, 0.1) is 0 Å². The van der Waals surface area contributed by atoms with Crippen molar-refractivity contribution in [2.24, 2.45) is 11.1 Å². The first-order valence-corrected chi connectivity index (χ1v) is 5.56. The summed E-state index contributed by atoms with van der Waals surface area (Å²) in [5.41, 5.74) is 6.39. The molecule has 1 rings (SSSR count). The van der Waals surface area contributed by atoms with Gasteiger partial charge in [0.15, 0.2) is 0 Å². The second kappa shape index (κ2) is 4.60. The average Bonchev–Trinajstić information content (AvgIpc) is 2.07. The summed E-state index contributed by atoms with van der Waals surface area (Å²) in [4.78, 5) is 4.86. The van der Waals surface area contributed by atoms with Crippen LogP contribution in [0.2, 0.25) is 0 Å². The molecule has 0 aromatic heterocycles. The molecule has 0 unspecified atom stereocenters. The molecule has 0 aromatic rings. The third-order valence-electron chi connectivity index (χ3n) is 3.16. The standard InChI is InChI=1S/C11H25N3/c1-11(2,3)10(12)9-14-7-5-13(4)6-8-14/h10H,5-9,12H2,1-4H3/t10-/m0/s1. The smallest absolute Gasteiger partial charge is 0.0217 e. The van der Waals surface area contributed by atoms with Gasteiger partial charge in [-0.3, -0.25) is 4.90 Å². The van der Waals surface area contributed by atoms with Crippen molar-refractivity contribution in [3.05, 3.63) is 0 Å². The predicted octanol–water partition coefficient (Wildman–Crippen LogP) is 0.607. The zero-order valence-corrected chi connectivity index (χ0v) is 10.1. The molecule has 0 radical (unpaired) electrons. The Morgan fingerprint density at radius 2 is 1.64 bits per heavy atom. The van der Waals surface area contributed by atoms with Gasteiger partial charge < -0.3 is 10.6 Å². The molecule has 1 aliphatic heterocycles. The number of hydrogen-bond acceptors (Lipinski definition) is 3. The molecule has 1 saturated heterocycles. The largest absolute Gasteiger partial charge is 0.326 e. The summed E-state index contributed by atoms with van der Waals surface area (Å²) >= 11 is 0. The Morgan fingerprint density at radius 1 is 1.14 bits per heavy atom. The molecule has 0 saturated carbocycles. The van der Waals surface area contributed by atoms with Gasteiger partial charge in [0.2, 0.25) is 0 Å². The molecular weight excluding hydrogens is 174 g/mol. The Hall–Kier alpha value is -0.120. The minimum atomic E-state index is 0.226. The number of hydrogen-bond donors (Lipinski definition) is 1. The molecule has 0 aliphatic carbocycles. The van der Waals surface area contributed by atoms with Crippen LogP contribution in [-0.2, 0) is 0 Å². The lowest BCUT2D eigenvalue weighted by molar-refractivity contribution is 0.127. The van der Waals surface area contributed by atoms with E-state index < -0.39 is 0 Å². The van der Waals surface area contributed by atoms with E-state index in [0.29, 0.717) is 0 Å². The number of rotatable bonds is 2. The third-order valence-corrected chi connectivity index (χ3v) is 3.16. The van der Waals surface area contributed by atoms with Gasteiger partial charge in [0.1, 0.15) is 0 Å². The summed E-state index contributed by atoms with van der Waals surface area (Å²) in [6.07, 6.45) is 0. The van der Waals surface area contributed by atoms with Crippen molar-refractivity contribution in [2.45, 2.75) is 26.8 Å². The van der Waals surface area contributed by atoms with Crippen molar-refractivity contribution in [1.82, 2.24) is 9.80 Å². The van der Waals surface area contributed by atoms with Crippen LogP contribution in [0.15, 0.2) is 0 Å². The van der Waals surface area contributed by atoms with E-state index in [2.05, 4.69) is 37.6 Å². The van der Waals surface area contributed by atoms with E-state index in [1.807, 2.05) is 0 Å². The highest BCUT2D eigenvalue weighted by atomic mass is 15.2. The molecule has 1 fully saturated rings. The molecule has 1 atom stereocenters. The SMILES string of the molecule is CN1CCN(C[C@H](N)C(C)(C)C)CC1. The van der Waals surface area contributed by atoms with Gasteiger partial charge in [-0.05, 0) is 12.5 Å². The lowest BCUT2D eigenvalue weighted by Crippen LogP contribution is -2.51. The first-order chi connectivity index (χ1) is 6.39. The fourth-order valence-electron chi connectivity index (χ4n) is 1.58. The monoisotopic (exact) mass is 199 g/mol. The topological polar surface area (TPSA) is 32.5 Å². The van der Waals surface area contributed by atoms with Crippen LogP contribution in [0.4, 0.5) is 0 Å². The van der Waals surface area contributed by atoms with E-state index in [0.717, 1.165) is 6.54 Å². The molecule has 0 bridgehead atoms. The molecule has 14 heavy (non-hydrogen) atoms. The van der Waals surface area contributed by atoms with Gasteiger partial charge in [0.25, 0.3) is 0 Å². The van der Waals surface area contributed by atoms with E-state index in [1.54, 1.807) is 0 Å². The molecule has 0 spiro atoms. The summed E-state index contributed by atoms with van der Waals surface area (Å²) < 4.78 is 0. The Bertz CT molecular complexity index is 166. The molecule has 1 heterocycles. The van der Waals surface area contributed by atoms with Crippen LogP contribution in [0.5, 0.6) is 0 Å². The summed E-state index contributed by atoms with van der Waals surface area (Å²) in [6.45, 7) is 12.4. The zero-order chi connectivity index (χ0) is 10.8. The predicted molar refractivity (Wildman–Crippen MR) is 61.4 cm³/mol. The van der Waals surface area contributed by atoms with Crippen LogP contribution in [0.25, 0.3) is 0 Å². The summed E-state index contributed by atoms with van der Waals surface area (Å²) in [6, 6.07) is 0.283. The normalized spacial score (nSPS) is 23.8. The van der Waals surface area contributed by atoms with E-state index >= 15 is 0 Å². The maximum Gasteiger partial charge on any atom is 0.0217 e. The minimum absolute atomic E-state index is 0.226. The first kappa shape index (κ1) is 12.0. The highest BCUT2D eigenvalue weighted by Crippen LogP contribution is 2.18. The van der Waals surface area contributed by atoms with Crippen LogP contribution in [0.1, 0.15) is 20.8 Å². The highest BCUT2D eigenvalue weighted by Gasteiger charge is 2.24. The van der Waals surface area contributed by atoms with Crippen LogP contribution in [-0.4, -0.2) is 55.6 Å². The van der Waals surface area contributed by atoms with Gasteiger partial charge in [0, 0.05) is 38.8 Å². The highest BCUT2D eigenvalue weighted by molar-refractivity contribution is 4.82. The first-order valence-electron chi connectivity index (χ1n) is 5.56. The Balaban J connectivity index is 2.31. The molecular formula is C11H25N3. The van der Waals surface area contributed by atoms with E-state index in [1.165, 1.54) is 26.2 Å². The number of piperazine rings is 1. The molecule has 0 aromatic carbocycles. The zero-order valence-electron chi connectivity index (χ0n) is 10.1. The Kier molecular flexibility index (Phi) is 3.93. The van der Waals surface area contributed by atoms with Gasteiger partial charge in [-0.2, -0.15) is 0 Å². The molecule has 3 heteroatoms. The average molecular weight is 199 g/mol. The van der Waals surface area contributed by atoms with E-state index in [-0.39, 0.29) is 11.5 Å². The van der Waals surface area contributed by atoms with E-state index in [9.17, 15) is 0 Å². The lowest BCUT2D eigenvalue weighted by atomic mass is 9.87. The Labute approximate surface area is 88.2 Å². The molecule has 84 valence electrons.